The largest absolute Gasteiger partial charge is 0.494 e. The molecule has 0 saturated carbocycles. The fourth-order valence-electron chi connectivity index (χ4n) is 2.29. The molecule has 0 spiro atoms. The van der Waals surface area contributed by atoms with Crippen molar-refractivity contribution in [2.45, 2.75) is 39.3 Å². The molecule has 1 unspecified atom stereocenters. The maximum Gasteiger partial charge on any atom is 0.191 e. The molecule has 1 aromatic heterocycles. The summed E-state index contributed by atoms with van der Waals surface area (Å²) in [5, 5.41) is 10.4. The van der Waals surface area contributed by atoms with Gasteiger partial charge in [-0.1, -0.05) is 25.1 Å². The number of nitrogens with zero attached hydrogens (tertiary/aromatic N) is 2. The Morgan fingerprint density at radius 2 is 2.08 bits per heavy atom. The Morgan fingerprint density at radius 3 is 2.64 bits per heavy atom. The predicted molar refractivity (Wildman–Crippen MR) is 95.3 cm³/mol. The summed E-state index contributed by atoms with van der Waals surface area (Å²) >= 11 is 0. The van der Waals surface area contributed by atoms with Gasteiger partial charge in [0.25, 0.3) is 0 Å². The predicted octanol–water partition coefficient (Wildman–Crippen LogP) is 3.37. The van der Waals surface area contributed by atoms with Crippen LogP contribution in [0.25, 0.3) is 0 Å². The molecule has 6 nitrogen and oxygen atoms in total. The monoisotopic (exact) mass is 348 g/mol. The van der Waals surface area contributed by atoms with Crippen molar-refractivity contribution in [3.8, 4) is 5.75 Å². The highest BCUT2D eigenvalue weighted by molar-refractivity contribution is 5.80. The summed E-state index contributed by atoms with van der Waals surface area (Å²) < 4.78 is 24.1. The molecule has 0 aliphatic rings. The first-order chi connectivity index (χ1) is 11.9. The van der Waals surface area contributed by atoms with Gasteiger partial charge in [-0.3, -0.25) is 4.99 Å². The highest BCUT2D eigenvalue weighted by Crippen LogP contribution is 2.21. The maximum atomic E-state index is 13.8. The lowest BCUT2D eigenvalue weighted by atomic mass is 10.1. The molecule has 2 rings (SSSR count). The molecule has 25 heavy (non-hydrogen) atoms. The van der Waals surface area contributed by atoms with Gasteiger partial charge in [0.2, 0.25) is 0 Å². The SMILES string of the molecule is CN=C(NCc1cc(C(C)C)no1)NC(C)c1ccc(OC)c(F)c1. The van der Waals surface area contributed by atoms with Gasteiger partial charge in [0.15, 0.2) is 23.3 Å². The Bertz CT molecular complexity index is 728. The van der Waals surface area contributed by atoms with E-state index in [-0.39, 0.29) is 17.6 Å². The van der Waals surface area contributed by atoms with Crippen LogP contribution in [-0.2, 0) is 6.54 Å². The third kappa shape index (κ3) is 4.95. The molecule has 0 fully saturated rings. The zero-order chi connectivity index (χ0) is 18.4. The van der Waals surface area contributed by atoms with E-state index in [0.29, 0.717) is 18.4 Å². The lowest BCUT2D eigenvalue weighted by Crippen LogP contribution is -2.38. The lowest BCUT2D eigenvalue weighted by Gasteiger charge is -2.18. The Hall–Kier alpha value is -2.57. The van der Waals surface area contributed by atoms with Crippen molar-refractivity contribution in [3.63, 3.8) is 0 Å². The molecule has 0 saturated heterocycles. The Labute approximate surface area is 147 Å². The van der Waals surface area contributed by atoms with E-state index in [1.54, 1.807) is 13.1 Å². The van der Waals surface area contributed by atoms with E-state index in [0.717, 1.165) is 17.0 Å². The summed E-state index contributed by atoms with van der Waals surface area (Å²) in [5.74, 6) is 1.48. The van der Waals surface area contributed by atoms with Crippen LogP contribution in [0.5, 0.6) is 5.75 Å². The summed E-state index contributed by atoms with van der Waals surface area (Å²) in [5.41, 5.74) is 1.71. The number of guanidine groups is 1. The molecular formula is C18H25FN4O2. The Morgan fingerprint density at radius 1 is 1.32 bits per heavy atom. The van der Waals surface area contributed by atoms with Crippen molar-refractivity contribution in [3.05, 3.63) is 47.1 Å². The van der Waals surface area contributed by atoms with E-state index in [9.17, 15) is 4.39 Å². The number of rotatable bonds is 6. The van der Waals surface area contributed by atoms with Gasteiger partial charge >= 0.3 is 0 Å². The van der Waals surface area contributed by atoms with E-state index in [1.807, 2.05) is 19.1 Å². The summed E-state index contributed by atoms with van der Waals surface area (Å²) in [6.07, 6.45) is 0. The van der Waals surface area contributed by atoms with E-state index in [2.05, 4.69) is 34.6 Å². The highest BCUT2D eigenvalue weighted by Gasteiger charge is 2.12. The van der Waals surface area contributed by atoms with Crippen molar-refractivity contribution < 1.29 is 13.7 Å². The Kier molecular flexibility index (Phi) is 6.38. The minimum absolute atomic E-state index is 0.132. The van der Waals surface area contributed by atoms with Crippen LogP contribution >= 0.6 is 0 Å². The van der Waals surface area contributed by atoms with Crippen molar-refractivity contribution >= 4 is 5.96 Å². The summed E-state index contributed by atoms with van der Waals surface area (Å²) in [4.78, 5) is 4.18. The van der Waals surface area contributed by atoms with E-state index >= 15 is 0 Å². The number of benzene rings is 1. The molecule has 1 heterocycles. The van der Waals surface area contributed by atoms with Gasteiger partial charge in [-0.25, -0.2) is 4.39 Å². The lowest BCUT2D eigenvalue weighted by molar-refractivity contribution is 0.371. The van der Waals surface area contributed by atoms with Crippen molar-refractivity contribution in [2.75, 3.05) is 14.2 Å². The molecule has 136 valence electrons. The fraction of sp³-hybridized carbons (Fsp3) is 0.444. The quantitative estimate of drug-likeness (QED) is 0.619. The van der Waals surface area contributed by atoms with E-state index in [4.69, 9.17) is 9.26 Å². The van der Waals surface area contributed by atoms with Crippen LogP contribution in [0.4, 0.5) is 4.39 Å². The zero-order valence-electron chi connectivity index (χ0n) is 15.3. The number of halogens is 1. The molecule has 0 aliphatic carbocycles. The molecular weight excluding hydrogens is 323 g/mol. The minimum Gasteiger partial charge on any atom is -0.494 e. The van der Waals surface area contributed by atoms with Gasteiger partial charge < -0.3 is 19.9 Å². The summed E-state index contributed by atoms with van der Waals surface area (Å²) in [7, 11) is 3.12. The molecule has 7 heteroatoms. The number of aliphatic imine (C=N–C) groups is 1. The third-order valence-electron chi connectivity index (χ3n) is 3.85. The number of aromatic nitrogens is 1. The van der Waals surface area contributed by atoms with Crippen LogP contribution in [0.1, 0.15) is 49.7 Å². The molecule has 1 atom stereocenters. The molecule has 0 amide bonds. The molecule has 0 bridgehead atoms. The molecule has 2 aromatic rings. The van der Waals surface area contributed by atoms with Crippen LogP contribution in [-0.4, -0.2) is 25.3 Å². The average Bonchev–Trinajstić information content (AvgIpc) is 3.07. The molecule has 0 radical (unpaired) electrons. The first-order valence-corrected chi connectivity index (χ1v) is 8.20. The number of ether oxygens (including phenoxy) is 1. The standard InChI is InChI=1S/C18H25FN4O2/c1-11(2)16-9-14(25-23-16)10-21-18(20-4)22-12(3)13-6-7-17(24-5)15(19)8-13/h6-9,11-12H,10H2,1-5H3,(H2,20,21,22). The number of hydrogen-bond acceptors (Lipinski definition) is 4. The van der Waals surface area contributed by atoms with Gasteiger partial charge in [-0.05, 0) is 30.5 Å². The third-order valence-corrected chi connectivity index (χ3v) is 3.85. The van der Waals surface area contributed by atoms with Crippen LogP contribution < -0.4 is 15.4 Å². The first kappa shape index (κ1) is 18.8. The van der Waals surface area contributed by atoms with Gasteiger partial charge in [-0.15, -0.1) is 0 Å². The number of nitrogens with one attached hydrogen (secondary N) is 2. The van der Waals surface area contributed by atoms with Gasteiger partial charge in [-0.2, -0.15) is 0 Å². The highest BCUT2D eigenvalue weighted by atomic mass is 19.1. The van der Waals surface area contributed by atoms with Crippen LogP contribution in [0.3, 0.4) is 0 Å². The van der Waals surface area contributed by atoms with E-state index < -0.39 is 0 Å². The number of methoxy groups -OCH3 is 1. The van der Waals surface area contributed by atoms with Gasteiger partial charge in [0, 0.05) is 13.1 Å². The zero-order valence-corrected chi connectivity index (χ0v) is 15.3. The first-order valence-electron chi connectivity index (χ1n) is 8.20. The topological polar surface area (TPSA) is 71.7 Å². The molecule has 2 N–H and O–H groups in total. The fourth-order valence-corrected chi connectivity index (χ4v) is 2.29. The van der Waals surface area contributed by atoms with Crippen molar-refractivity contribution in [2.24, 2.45) is 4.99 Å². The second kappa shape index (κ2) is 8.50. The average molecular weight is 348 g/mol. The van der Waals surface area contributed by atoms with Gasteiger partial charge in [0.1, 0.15) is 0 Å². The summed E-state index contributed by atoms with van der Waals surface area (Å²) in [6.45, 7) is 6.51. The smallest absolute Gasteiger partial charge is 0.191 e. The molecule has 0 aliphatic heterocycles. The van der Waals surface area contributed by atoms with Gasteiger partial charge in [0.05, 0.1) is 25.4 Å². The maximum absolute atomic E-state index is 13.8. The van der Waals surface area contributed by atoms with Crippen LogP contribution in [0.2, 0.25) is 0 Å². The summed E-state index contributed by atoms with van der Waals surface area (Å²) in [6, 6.07) is 6.68. The number of hydrogen-bond donors (Lipinski definition) is 2. The van der Waals surface area contributed by atoms with Crippen LogP contribution in [0.15, 0.2) is 33.8 Å². The normalized spacial score (nSPS) is 13.0. The second-order valence-corrected chi connectivity index (χ2v) is 6.06. The van der Waals surface area contributed by atoms with Crippen molar-refractivity contribution in [1.29, 1.82) is 0 Å². The van der Waals surface area contributed by atoms with Crippen LogP contribution in [0, 0.1) is 5.82 Å². The molecule has 1 aromatic carbocycles. The van der Waals surface area contributed by atoms with Crippen molar-refractivity contribution in [1.82, 2.24) is 15.8 Å². The minimum atomic E-state index is -0.389. The second-order valence-electron chi connectivity index (χ2n) is 6.06. The Balaban J connectivity index is 1.95. The van der Waals surface area contributed by atoms with E-state index in [1.165, 1.54) is 13.2 Å².